The van der Waals surface area contributed by atoms with Crippen molar-refractivity contribution in [2.45, 2.75) is 32.7 Å². The van der Waals surface area contributed by atoms with Gasteiger partial charge in [-0.3, -0.25) is 0 Å². The van der Waals surface area contributed by atoms with Gasteiger partial charge >= 0.3 is 0 Å². The highest BCUT2D eigenvalue weighted by molar-refractivity contribution is 6.25. The van der Waals surface area contributed by atoms with Gasteiger partial charge in [0.1, 0.15) is 12.4 Å². The van der Waals surface area contributed by atoms with Crippen LogP contribution in [0.15, 0.2) is 35.9 Å². The fourth-order valence-corrected chi connectivity index (χ4v) is 1.79. The van der Waals surface area contributed by atoms with Crippen LogP contribution in [0.25, 0.3) is 0 Å². The van der Waals surface area contributed by atoms with Gasteiger partial charge in [-0.2, -0.15) is 0 Å². The van der Waals surface area contributed by atoms with Crippen molar-refractivity contribution in [1.29, 1.82) is 0 Å². The van der Waals surface area contributed by atoms with E-state index >= 15 is 0 Å². The lowest BCUT2D eigenvalue weighted by molar-refractivity contribution is 0.363. The third kappa shape index (κ3) is 6.08. The second-order valence-electron chi connectivity index (χ2n) is 4.38. The highest BCUT2D eigenvalue weighted by atomic mass is 35.5. The van der Waals surface area contributed by atoms with Crippen LogP contribution in [-0.2, 0) is 6.42 Å². The molecule has 0 aliphatic heterocycles. The molecule has 2 nitrogen and oxygen atoms in total. The summed E-state index contributed by atoms with van der Waals surface area (Å²) in [5.41, 5.74) is 2.79. The molecule has 1 atom stereocenters. The summed E-state index contributed by atoms with van der Waals surface area (Å²) in [5.74, 6) is 0.877. The van der Waals surface area contributed by atoms with Gasteiger partial charge in [0.05, 0.1) is 0 Å². The van der Waals surface area contributed by atoms with E-state index in [-0.39, 0.29) is 0 Å². The van der Waals surface area contributed by atoms with Crippen molar-refractivity contribution in [3.63, 3.8) is 0 Å². The molecule has 1 unspecified atom stereocenters. The summed E-state index contributed by atoms with van der Waals surface area (Å²) in [5, 5.41) is 3.48. The van der Waals surface area contributed by atoms with Gasteiger partial charge in [-0.05, 0) is 50.1 Å². The van der Waals surface area contributed by atoms with Crippen molar-refractivity contribution in [1.82, 2.24) is 5.32 Å². The third-order valence-electron chi connectivity index (χ3n) is 2.64. The number of ether oxygens (including phenoxy) is 1. The summed E-state index contributed by atoms with van der Waals surface area (Å²) in [6.45, 7) is 5.98. The first-order valence-electron chi connectivity index (χ1n) is 6.46. The molecule has 0 aromatic heterocycles. The Morgan fingerprint density at radius 3 is 2.67 bits per heavy atom. The van der Waals surface area contributed by atoms with Gasteiger partial charge in [-0.15, -0.1) is 0 Å². The van der Waals surface area contributed by atoms with Gasteiger partial charge in [0.25, 0.3) is 0 Å². The van der Waals surface area contributed by atoms with Crippen LogP contribution in [0.4, 0.5) is 0 Å². The Hall–Kier alpha value is -0.990. The van der Waals surface area contributed by atoms with Gasteiger partial charge < -0.3 is 10.1 Å². The van der Waals surface area contributed by atoms with E-state index in [9.17, 15) is 0 Å². The quantitative estimate of drug-likeness (QED) is 0.775. The van der Waals surface area contributed by atoms with Crippen LogP contribution in [0, 0.1) is 0 Å². The minimum absolute atomic E-state index is 0.510. The number of benzene rings is 1. The third-order valence-corrected chi connectivity index (χ3v) is 2.82. The molecule has 0 fully saturated rings. The highest BCUT2D eigenvalue weighted by Crippen LogP contribution is 2.13. The topological polar surface area (TPSA) is 21.3 Å². The first-order chi connectivity index (χ1) is 8.76. The van der Waals surface area contributed by atoms with Crippen molar-refractivity contribution in [3.8, 4) is 5.75 Å². The molecule has 3 heteroatoms. The van der Waals surface area contributed by atoms with E-state index in [1.54, 1.807) is 6.08 Å². The first-order valence-corrected chi connectivity index (χ1v) is 6.90. The van der Waals surface area contributed by atoms with E-state index in [1.165, 1.54) is 17.5 Å². The molecule has 0 aliphatic carbocycles. The van der Waals surface area contributed by atoms with E-state index in [0.29, 0.717) is 12.6 Å². The minimum atomic E-state index is 0.510. The van der Waals surface area contributed by atoms with Crippen molar-refractivity contribution in [2.75, 3.05) is 13.2 Å². The maximum absolute atomic E-state index is 5.48. The minimum Gasteiger partial charge on any atom is -0.490 e. The molecule has 0 radical (unpaired) electrons. The first kappa shape index (κ1) is 15.1. The number of hydrogen-bond acceptors (Lipinski definition) is 2. The van der Waals surface area contributed by atoms with E-state index in [4.69, 9.17) is 16.3 Å². The average molecular weight is 268 g/mol. The van der Waals surface area contributed by atoms with Crippen LogP contribution in [0.5, 0.6) is 5.75 Å². The Bertz CT molecular complexity index is 348. The fourth-order valence-electron chi connectivity index (χ4n) is 1.72. The molecule has 0 saturated carbocycles. The van der Waals surface area contributed by atoms with E-state index in [0.717, 1.165) is 18.7 Å². The summed E-state index contributed by atoms with van der Waals surface area (Å²) < 4.78 is 5.48. The van der Waals surface area contributed by atoms with Crippen LogP contribution in [0.3, 0.4) is 0 Å². The SMILES string of the molecule is CCCNC(C)Cc1ccc(OC/C=C/Cl)cc1. The maximum atomic E-state index is 5.48. The predicted octanol–water partition coefficient (Wildman–Crippen LogP) is 3.75. The summed E-state index contributed by atoms with van der Waals surface area (Å²) in [6, 6.07) is 8.75. The molecule has 1 N–H and O–H groups in total. The lowest BCUT2D eigenvalue weighted by Gasteiger charge is -2.13. The molecule has 0 saturated heterocycles. The molecule has 0 amide bonds. The zero-order valence-electron chi connectivity index (χ0n) is 11.2. The van der Waals surface area contributed by atoms with Gasteiger partial charge in [-0.1, -0.05) is 30.7 Å². The lowest BCUT2D eigenvalue weighted by atomic mass is 10.1. The molecule has 1 aromatic rings. The van der Waals surface area contributed by atoms with Crippen LogP contribution < -0.4 is 10.1 Å². The number of halogens is 1. The molecule has 0 aliphatic rings. The fraction of sp³-hybridized carbons (Fsp3) is 0.467. The van der Waals surface area contributed by atoms with E-state index in [1.807, 2.05) is 12.1 Å². The van der Waals surface area contributed by atoms with E-state index in [2.05, 4.69) is 31.3 Å². The molecule has 0 bridgehead atoms. The summed E-state index contributed by atoms with van der Waals surface area (Å²) in [7, 11) is 0. The van der Waals surface area contributed by atoms with Crippen molar-refractivity contribution in [3.05, 3.63) is 41.4 Å². The van der Waals surface area contributed by atoms with Crippen molar-refractivity contribution >= 4 is 11.6 Å². The summed E-state index contributed by atoms with van der Waals surface area (Å²) in [6.07, 6.45) is 3.99. The average Bonchev–Trinajstić information content (AvgIpc) is 2.39. The Morgan fingerprint density at radius 1 is 1.33 bits per heavy atom. The second-order valence-corrected chi connectivity index (χ2v) is 4.63. The predicted molar refractivity (Wildman–Crippen MR) is 78.4 cm³/mol. The second kappa shape index (κ2) is 9.01. The highest BCUT2D eigenvalue weighted by Gasteiger charge is 2.02. The Labute approximate surface area is 115 Å². The zero-order valence-corrected chi connectivity index (χ0v) is 11.9. The van der Waals surface area contributed by atoms with Crippen LogP contribution >= 0.6 is 11.6 Å². The molecule has 1 rings (SSSR count). The molecule has 1 aromatic carbocycles. The van der Waals surface area contributed by atoms with Crippen LogP contribution in [0.2, 0.25) is 0 Å². The number of hydrogen-bond donors (Lipinski definition) is 1. The Morgan fingerprint density at radius 2 is 2.06 bits per heavy atom. The molecular formula is C15H22ClNO. The Balaban J connectivity index is 2.39. The molecule has 0 spiro atoms. The van der Waals surface area contributed by atoms with Gasteiger partial charge in [-0.25, -0.2) is 0 Å². The smallest absolute Gasteiger partial charge is 0.119 e. The zero-order chi connectivity index (χ0) is 13.2. The molecular weight excluding hydrogens is 246 g/mol. The van der Waals surface area contributed by atoms with Crippen molar-refractivity contribution in [2.24, 2.45) is 0 Å². The van der Waals surface area contributed by atoms with Gasteiger partial charge in [0, 0.05) is 11.6 Å². The Kier molecular flexibility index (Phi) is 7.54. The van der Waals surface area contributed by atoms with Gasteiger partial charge in [0.15, 0.2) is 0 Å². The molecule has 18 heavy (non-hydrogen) atoms. The largest absolute Gasteiger partial charge is 0.490 e. The van der Waals surface area contributed by atoms with E-state index < -0.39 is 0 Å². The molecule has 100 valence electrons. The van der Waals surface area contributed by atoms with Crippen molar-refractivity contribution < 1.29 is 4.74 Å². The number of rotatable bonds is 8. The molecule has 0 heterocycles. The van der Waals surface area contributed by atoms with Crippen LogP contribution in [0.1, 0.15) is 25.8 Å². The monoisotopic (exact) mass is 267 g/mol. The van der Waals surface area contributed by atoms with Crippen LogP contribution in [-0.4, -0.2) is 19.2 Å². The maximum Gasteiger partial charge on any atom is 0.119 e. The number of nitrogens with one attached hydrogen (secondary N) is 1. The summed E-state index contributed by atoms with van der Waals surface area (Å²) in [4.78, 5) is 0. The van der Waals surface area contributed by atoms with Gasteiger partial charge in [0.2, 0.25) is 0 Å². The normalized spacial score (nSPS) is 12.8. The lowest BCUT2D eigenvalue weighted by Crippen LogP contribution is -2.28. The summed E-state index contributed by atoms with van der Waals surface area (Å²) >= 11 is 5.42. The standard InChI is InChI=1S/C15H22ClNO/c1-3-10-17-13(2)12-14-5-7-15(8-6-14)18-11-4-9-16/h4-9,13,17H,3,10-12H2,1-2H3/b9-4+.